The first-order chi connectivity index (χ1) is 5.81. The molecule has 0 aliphatic rings. The van der Waals surface area contributed by atoms with E-state index in [0.717, 1.165) is 12.3 Å². The van der Waals surface area contributed by atoms with Gasteiger partial charge in [0.25, 0.3) is 0 Å². The summed E-state index contributed by atoms with van der Waals surface area (Å²) in [7, 11) is 0. The Morgan fingerprint density at radius 3 is 1.92 bits per heavy atom. The average Bonchev–Trinajstić information content (AvgIpc) is 2.08. The van der Waals surface area contributed by atoms with Crippen LogP contribution in [0.25, 0.3) is 0 Å². The van der Waals surface area contributed by atoms with Gasteiger partial charge < -0.3 is 0 Å². The molecule has 0 N–H and O–H groups in total. The maximum Gasteiger partial charge on any atom is 0.0223 e. The van der Waals surface area contributed by atoms with Gasteiger partial charge in [0.1, 0.15) is 0 Å². The number of benzene rings is 1. The predicted molar refractivity (Wildman–Crippen MR) is 56.8 cm³/mol. The molecule has 1 rings (SSSR count). The van der Waals surface area contributed by atoms with Crippen molar-refractivity contribution in [1.29, 1.82) is 0 Å². The molecule has 0 spiro atoms. The molecule has 0 unspecified atom stereocenters. The van der Waals surface area contributed by atoms with Crippen LogP contribution in [-0.4, -0.2) is 5.88 Å². The minimum absolute atomic E-state index is 0.816. The Labute approximate surface area is 80.6 Å². The van der Waals surface area contributed by atoms with Crippen LogP contribution < -0.4 is 0 Å². The fraction of sp³-hybridized carbons (Fsp3) is 0.455. The molecule has 0 saturated heterocycles. The average molecular weight is 185 g/mol. The molecule has 0 aliphatic heterocycles. The van der Waals surface area contributed by atoms with Crippen molar-refractivity contribution in [2.75, 3.05) is 5.88 Å². The second-order valence-corrected chi connectivity index (χ2v) is 3.08. The molecule has 68 valence electrons. The number of rotatable bonds is 2. The van der Waals surface area contributed by atoms with E-state index in [4.69, 9.17) is 11.6 Å². The summed E-state index contributed by atoms with van der Waals surface area (Å²) in [4.78, 5) is 0. The highest BCUT2D eigenvalue weighted by Crippen LogP contribution is 1.92. The van der Waals surface area contributed by atoms with Crippen molar-refractivity contribution in [2.24, 2.45) is 0 Å². The van der Waals surface area contributed by atoms with Gasteiger partial charge in [-0.1, -0.05) is 49.2 Å². The van der Waals surface area contributed by atoms with E-state index >= 15 is 0 Å². The molecule has 0 fully saturated rings. The molecule has 0 radical (unpaired) electrons. The van der Waals surface area contributed by atoms with E-state index in [-0.39, 0.29) is 0 Å². The first-order valence-corrected chi connectivity index (χ1v) is 4.92. The maximum atomic E-state index is 5.30. The third-order valence-corrected chi connectivity index (χ3v) is 1.69. The molecular weight excluding hydrogens is 168 g/mol. The monoisotopic (exact) mass is 184 g/mol. The topological polar surface area (TPSA) is 0 Å². The van der Waals surface area contributed by atoms with Crippen LogP contribution in [0.3, 0.4) is 0 Å². The van der Waals surface area contributed by atoms with Gasteiger partial charge in [0.05, 0.1) is 0 Å². The Morgan fingerprint density at radius 1 is 1.17 bits per heavy atom. The Hall–Kier alpha value is -0.490. The zero-order valence-electron chi connectivity index (χ0n) is 7.89. The molecule has 1 aromatic carbocycles. The number of unbranched alkanes of at least 4 members (excludes halogenated alkanes) is 1. The summed E-state index contributed by atoms with van der Waals surface area (Å²) >= 11 is 5.30. The van der Waals surface area contributed by atoms with Crippen LogP contribution in [0.5, 0.6) is 0 Å². The van der Waals surface area contributed by atoms with Crippen LogP contribution in [0.1, 0.15) is 25.3 Å². The van der Waals surface area contributed by atoms with E-state index in [0.29, 0.717) is 0 Å². The lowest BCUT2D eigenvalue weighted by atomic mass is 10.2. The number of halogens is 1. The van der Waals surface area contributed by atoms with Crippen molar-refractivity contribution in [2.45, 2.75) is 26.7 Å². The fourth-order valence-corrected chi connectivity index (χ4v) is 0.935. The van der Waals surface area contributed by atoms with E-state index in [9.17, 15) is 0 Å². The van der Waals surface area contributed by atoms with E-state index < -0.39 is 0 Å². The molecule has 0 bridgehead atoms. The lowest BCUT2D eigenvalue weighted by Gasteiger charge is -1.82. The molecule has 0 heterocycles. The summed E-state index contributed by atoms with van der Waals surface area (Å²) in [5, 5.41) is 0. The van der Waals surface area contributed by atoms with E-state index in [1.807, 2.05) is 18.2 Å². The van der Waals surface area contributed by atoms with Crippen molar-refractivity contribution in [3.8, 4) is 0 Å². The first-order valence-electron chi connectivity index (χ1n) is 4.39. The highest BCUT2D eigenvalue weighted by atomic mass is 35.5. The Balaban J connectivity index is 0.000000217. The molecule has 0 amide bonds. The zero-order valence-corrected chi connectivity index (χ0v) is 8.64. The van der Waals surface area contributed by atoms with Crippen molar-refractivity contribution in [1.82, 2.24) is 0 Å². The number of hydrogen-bond acceptors (Lipinski definition) is 0. The second-order valence-electron chi connectivity index (χ2n) is 2.70. The Kier molecular flexibility index (Phi) is 8.25. The quantitative estimate of drug-likeness (QED) is 0.609. The van der Waals surface area contributed by atoms with Crippen LogP contribution in [0.4, 0.5) is 0 Å². The van der Waals surface area contributed by atoms with Gasteiger partial charge in [0, 0.05) is 5.88 Å². The Bertz CT molecular complexity index is 168. The van der Waals surface area contributed by atoms with Crippen LogP contribution >= 0.6 is 11.6 Å². The molecule has 0 nitrogen and oxygen atoms in total. The summed E-state index contributed by atoms with van der Waals surface area (Å²) < 4.78 is 0. The van der Waals surface area contributed by atoms with Gasteiger partial charge in [-0.3, -0.25) is 0 Å². The van der Waals surface area contributed by atoms with Gasteiger partial charge in [-0.05, 0) is 13.3 Å². The van der Waals surface area contributed by atoms with E-state index in [2.05, 4.69) is 26.0 Å². The molecule has 0 saturated carbocycles. The minimum Gasteiger partial charge on any atom is -0.127 e. The van der Waals surface area contributed by atoms with Gasteiger partial charge >= 0.3 is 0 Å². The smallest absolute Gasteiger partial charge is 0.0223 e. The fourth-order valence-electron chi connectivity index (χ4n) is 0.668. The Morgan fingerprint density at radius 2 is 1.75 bits per heavy atom. The molecule has 12 heavy (non-hydrogen) atoms. The maximum absolute atomic E-state index is 5.30. The van der Waals surface area contributed by atoms with Crippen LogP contribution in [0, 0.1) is 6.92 Å². The summed E-state index contributed by atoms with van der Waals surface area (Å²) in [6, 6.07) is 10.3. The second kappa shape index (κ2) is 8.61. The molecular formula is C11H17Cl. The van der Waals surface area contributed by atoms with Gasteiger partial charge in [-0.2, -0.15) is 0 Å². The van der Waals surface area contributed by atoms with Gasteiger partial charge in [0.2, 0.25) is 0 Å². The predicted octanol–water partition coefficient (Wildman–Crippen LogP) is 4.02. The lowest BCUT2D eigenvalue weighted by molar-refractivity contribution is 0.892. The number of hydrogen-bond donors (Lipinski definition) is 0. The third-order valence-electron chi connectivity index (χ3n) is 1.43. The molecule has 0 aliphatic carbocycles. The summed E-state index contributed by atoms with van der Waals surface area (Å²) in [6.07, 6.45) is 2.37. The van der Waals surface area contributed by atoms with Crippen LogP contribution in [-0.2, 0) is 0 Å². The van der Waals surface area contributed by atoms with E-state index in [1.54, 1.807) is 0 Å². The largest absolute Gasteiger partial charge is 0.127 e. The van der Waals surface area contributed by atoms with Crippen molar-refractivity contribution >= 4 is 11.6 Å². The standard InChI is InChI=1S/C7H8.C4H9Cl/c1-7-5-3-2-4-6-7;1-2-3-4-5/h2-6H,1H3;2-4H2,1H3. The summed E-state index contributed by atoms with van der Waals surface area (Å²) in [5.41, 5.74) is 1.32. The highest BCUT2D eigenvalue weighted by molar-refractivity contribution is 6.17. The zero-order chi connectivity index (χ0) is 9.23. The van der Waals surface area contributed by atoms with Crippen LogP contribution in [0.2, 0.25) is 0 Å². The summed E-state index contributed by atoms with van der Waals surface area (Å²) in [6.45, 7) is 4.21. The van der Waals surface area contributed by atoms with Gasteiger partial charge in [-0.25, -0.2) is 0 Å². The normalized spacial score (nSPS) is 8.58. The van der Waals surface area contributed by atoms with Crippen molar-refractivity contribution in [3.05, 3.63) is 35.9 Å². The van der Waals surface area contributed by atoms with E-state index in [1.165, 1.54) is 12.0 Å². The molecule has 1 aromatic rings. The molecule has 1 heteroatoms. The van der Waals surface area contributed by atoms with Gasteiger partial charge in [0.15, 0.2) is 0 Å². The lowest BCUT2D eigenvalue weighted by Crippen LogP contribution is -1.65. The van der Waals surface area contributed by atoms with Gasteiger partial charge in [-0.15, -0.1) is 11.6 Å². The molecule has 0 atom stereocenters. The summed E-state index contributed by atoms with van der Waals surface area (Å²) in [5.74, 6) is 0.816. The first kappa shape index (κ1) is 11.5. The third kappa shape index (κ3) is 7.62. The SMILES string of the molecule is CCCCCl.Cc1ccccc1. The van der Waals surface area contributed by atoms with Crippen molar-refractivity contribution in [3.63, 3.8) is 0 Å². The van der Waals surface area contributed by atoms with Crippen LogP contribution in [0.15, 0.2) is 30.3 Å². The minimum atomic E-state index is 0.816. The molecule has 0 aromatic heterocycles. The number of aryl methyl sites for hydroxylation is 1. The van der Waals surface area contributed by atoms with Crippen molar-refractivity contribution < 1.29 is 0 Å². The highest BCUT2D eigenvalue weighted by Gasteiger charge is 1.72. The number of alkyl halides is 1.